The fraction of sp³-hybridized carbons (Fsp3) is 0.294. The predicted octanol–water partition coefficient (Wildman–Crippen LogP) is 8.50. The molecule has 2 atom stereocenters. The van der Waals surface area contributed by atoms with Gasteiger partial charge in [0.1, 0.15) is 23.7 Å². The van der Waals surface area contributed by atoms with Crippen molar-refractivity contribution in [2.45, 2.75) is 52.7 Å². The largest absolute Gasteiger partial charge is 0.494 e. The number of rotatable bonds is 12. The summed E-state index contributed by atoms with van der Waals surface area (Å²) in [5.41, 5.74) is 7.06. The van der Waals surface area contributed by atoms with E-state index >= 15 is 0 Å². The van der Waals surface area contributed by atoms with E-state index in [1.165, 1.54) is 11.1 Å². The number of aryl methyl sites for hydroxylation is 2. The van der Waals surface area contributed by atoms with Crippen molar-refractivity contribution in [1.29, 1.82) is 0 Å². The summed E-state index contributed by atoms with van der Waals surface area (Å²) in [6.07, 6.45) is 1.52. The number of benzene rings is 4. The van der Waals surface area contributed by atoms with Crippen LogP contribution in [0.1, 0.15) is 73.3 Å². The molecule has 0 heterocycles. The van der Waals surface area contributed by atoms with E-state index in [4.69, 9.17) is 14.2 Å². The normalized spacial score (nSPS) is 12.6. The standard InChI is InChI=1S/C34H38O3/c1-5-25-9-13-27(14-10-25)33(29-17-21-31(22-18-29)35-7-3)37-34(28-15-11-26(6-2)12-16-28)30-19-23-32(24-20-30)36-8-4/h9-24,33-34H,5-8H2,1-4H3. The van der Waals surface area contributed by atoms with Crippen molar-refractivity contribution in [3.63, 3.8) is 0 Å². The zero-order valence-corrected chi connectivity index (χ0v) is 22.4. The molecule has 0 spiro atoms. The molecule has 3 heteroatoms. The highest BCUT2D eigenvalue weighted by atomic mass is 16.5. The van der Waals surface area contributed by atoms with Gasteiger partial charge in [-0.05, 0) is 84.3 Å². The Bertz CT molecular complexity index is 1110. The fourth-order valence-electron chi connectivity index (χ4n) is 4.50. The smallest absolute Gasteiger partial charge is 0.119 e. The lowest BCUT2D eigenvalue weighted by atomic mass is 9.96. The highest BCUT2D eigenvalue weighted by Crippen LogP contribution is 2.37. The van der Waals surface area contributed by atoms with Gasteiger partial charge in [0.25, 0.3) is 0 Å². The Balaban J connectivity index is 1.75. The van der Waals surface area contributed by atoms with E-state index in [2.05, 4.69) is 86.6 Å². The van der Waals surface area contributed by atoms with E-state index in [0.717, 1.165) is 46.6 Å². The van der Waals surface area contributed by atoms with Gasteiger partial charge in [-0.3, -0.25) is 0 Å². The minimum absolute atomic E-state index is 0.246. The molecule has 0 aliphatic carbocycles. The van der Waals surface area contributed by atoms with Crippen LogP contribution in [-0.4, -0.2) is 13.2 Å². The molecule has 192 valence electrons. The summed E-state index contributed by atoms with van der Waals surface area (Å²) >= 11 is 0. The van der Waals surface area contributed by atoms with Gasteiger partial charge < -0.3 is 14.2 Å². The summed E-state index contributed by atoms with van der Waals surface area (Å²) in [6.45, 7) is 9.64. The topological polar surface area (TPSA) is 27.7 Å². The molecule has 0 aliphatic heterocycles. The molecule has 4 aromatic carbocycles. The second-order valence-electron chi connectivity index (χ2n) is 9.09. The second kappa shape index (κ2) is 13.1. The number of hydrogen-bond donors (Lipinski definition) is 0. The Morgan fingerprint density at radius 2 is 0.730 bits per heavy atom. The van der Waals surface area contributed by atoms with Crippen molar-refractivity contribution in [3.05, 3.63) is 130 Å². The van der Waals surface area contributed by atoms with E-state index < -0.39 is 0 Å². The molecule has 0 amide bonds. The van der Waals surface area contributed by atoms with Crippen LogP contribution in [0, 0.1) is 0 Å². The molecular formula is C34H38O3. The third kappa shape index (κ3) is 6.81. The fourth-order valence-corrected chi connectivity index (χ4v) is 4.50. The van der Waals surface area contributed by atoms with Crippen molar-refractivity contribution in [2.24, 2.45) is 0 Å². The Labute approximate surface area is 222 Å². The van der Waals surface area contributed by atoms with Crippen LogP contribution >= 0.6 is 0 Å². The van der Waals surface area contributed by atoms with E-state index in [1.807, 2.05) is 38.1 Å². The monoisotopic (exact) mass is 494 g/mol. The molecule has 0 N–H and O–H groups in total. The van der Waals surface area contributed by atoms with Gasteiger partial charge in [-0.2, -0.15) is 0 Å². The van der Waals surface area contributed by atoms with E-state index in [-0.39, 0.29) is 12.2 Å². The van der Waals surface area contributed by atoms with Gasteiger partial charge in [0, 0.05) is 0 Å². The van der Waals surface area contributed by atoms with Crippen LogP contribution in [0.15, 0.2) is 97.1 Å². The van der Waals surface area contributed by atoms with Crippen molar-refractivity contribution in [2.75, 3.05) is 13.2 Å². The first-order chi connectivity index (χ1) is 18.1. The second-order valence-corrected chi connectivity index (χ2v) is 9.09. The lowest BCUT2D eigenvalue weighted by Gasteiger charge is -2.27. The van der Waals surface area contributed by atoms with E-state index in [0.29, 0.717) is 13.2 Å². The highest BCUT2D eigenvalue weighted by molar-refractivity contribution is 5.39. The van der Waals surface area contributed by atoms with Crippen molar-refractivity contribution in [3.8, 4) is 11.5 Å². The van der Waals surface area contributed by atoms with Gasteiger partial charge in [-0.15, -0.1) is 0 Å². The highest BCUT2D eigenvalue weighted by Gasteiger charge is 2.24. The average molecular weight is 495 g/mol. The van der Waals surface area contributed by atoms with Crippen LogP contribution < -0.4 is 9.47 Å². The summed E-state index contributed by atoms with van der Waals surface area (Å²) in [5.74, 6) is 1.73. The summed E-state index contributed by atoms with van der Waals surface area (Å²) in [7, 11) is 0. The Hall–Kier alpha value is -3.56. The SMILES string of the molecule is CCOc1ccc(C(OC(c2ccc(CC)cc2)c2ccc(OCC)cc2)c2ccc(CC)cc2)cc1. The van der Waals surface area contributed by atoms with Gasteiger partial charge in [0.05, 0.1) is 13.2 Å². The minimum atomic E-state index is -0.246. The van der Waals surface area contributed by atoms with Crippen LogP contribution in [0.2, 0.25) is 0 Å². The molecule has 37 heavy (non-hydrogen) atoms. The summed E-state index contributed by atoms with van der Waals surface area (Å²) in [6, 6.07) is 34.1. The molecular weight excluding hydrogens is 456 g/mol. The van der Waals surface area contributed by atoms with Crippen LogP contribution in [0.3, 0.4) is 0 Å². The van der Waals surface area contributed by atoms with Crippen molar-refractivity contribution >= 4 is 0 Å². The zero-order valence-electron chi connectivity index (χ0n) is 22.4. The lowest BCUT2D eigenvalue weighted by Crippen LogP contribution is -2.13. The molecule has 3 nitrogen and oxygen atoms in total. The van der Waals surface area contributed by atoms with Gasteiger partial charge in [0.2, 0.25) is 0 Å². The maximum atomic E-state index is 7.06. The molecule has 0 radical (unpaired) electrons. The molecule has 0 bridgehead atoms. The first kappa shape index (κ1) is 26.5. The molecule has 4 rings (SSSR count). The average Bonchev–Trinajstić information content (AvgIpc) is 2.95. The van der Waals surface area contributed by atoms with Gasteiger partial charge in [-0.25, -0.2) is 0 Å². The summed E-state index contributed by atoms with van der Waals surface area (Å²) in [5, 5.41) is 0. The van der Waals surface area contributed by atoms with Crippen LogP contribution in [0.5, 0.6) is 11.5 Å². The van der Waals surface area contributed by atoms with Crippen LogP contribution in [0.25, 0.3) is 0 Å². The molecule has 2 unspecified atom stereocenters. The van der Waals surface area contributed by atoms with Crippen molar-refractivity contribution in [1.82, 2.24) is 0 Å². The first-order valence-corrected chi connectivity index (χ1v) is 13.4. The maximum absolute atomic E-state index is 7.06. The van der Waals surface area contributed by atoms with E-state index in [9.17, 15) is 0 Å². The van der Waals surface area contributed by atoms with Crippen LogP contribution in [-0.2, 0) is 17.6 Å². The molecule has 0 saturated heterocycles. The summed E-state index contributed by atoms with van der Waals surface area (Å²) in [4.78, 5) is 0. The Morgan fingerprint density at radius 1 is 0.432 bits per heavy atom. The molecule has 4 aromatic rings. The van der Waals surface area contributed by atoms with Gasteiger partial charge >= 0.3 is 0 Å². The summed E-state index contributed by atoms with van der Waals surface area (Å²) < 4.78 is 18.5. The van der Waals surface area contributed by atoms with Gasteiger partial charge in [-0.1, -0.05) is 86.6 Å². The minimum Gasteiger partial charge on any atom is -0.494 e. The predicted molar refractivity (Wildman–Crippen MR) is 152 cm³/mol. The number of ether oxygens (including phenoxy) is 3. The molecule has 0 aromatic heterocycles. The molecule has 0 aliphatic rings. The Kier molecular flexibility index (Phi) is 9.40. The van der Waals surface area contributed by atoms with E-state index in [1.54, 1.807) is 0 Å². The van der Waals surface area contributed by atoms with Crippen molar-refractivity contribution < 1.29 is 14.2 Å². The van der Waals surface area contributed by atoms with Crippen LogP contribution in [0.4, 0.5) is 0 Å². The third-order valence-electron chi connectivity index (χ3n) is 6.64. The molecule has 0 fully saturated rings. The quantitative estimate of drug-likeness (QED) is 0.198. The zero-order chi connectivity index (χ0) is 26.0. The first-order valence-electron chi connectivity index (χ1n) is 13.4. The van der Waals surface area contributed by atoms with Gasteiger partial charge in [0.15, 0.2) is 0 Å². The lowest BCUT2D eigenvalue weighted by molar-refractivity contribution is 0.0308. The molecule has 0 saturated carbocycles. The third-order valence-corrected chi connectivity index (χ3v) is 6.64. The maximum Gasteiger partial charge on any atom is 0.119 e. The number of hydrogen-bond acceptors (Lipinski definition) is 3. The Morgan fingerprint density at radius 3 is 1.00 bits per heavy atom.